The summed E-state index contributed by atoms with van der Waals surface area (Å²) in [6, 6.07) is 0. The van der Waals surface area contributed by atoms with Crippen LogP contribution >= 0.6 is 0 Å². The highest BCUT2D eigenvalue weighted by atomic mass is 32.2. The first-order chi connectivity index (χ1) is 16.1. The lowest BCUT2D eigenvalue weighted by Crippen LogP contribution is -2.75. The second-order valence-corrected chi connectivity index (χ2v) is 8.07. The molecule has 0 saturated heterocycles. The van der Waals surface area contributed by atoms with E-state index < -0.39 is 79.8 Å². The number of hydrogen-bond donors (Lipinski definition) is 0. The maximum atomic E-state index is 13.8. The molecule has 5 nitrogen and oxygen atoms in total. The summed E-state index contributed by atoms with van der Waals surface area (Å²) in [5, 5.41) is -8.58. The first-order valence-electron chi connectivity index (χ1n) is 7.76. The number of nitrogens with zero attached hydrogens (tertiary/aromatic N) is 1. The molecular weight excluding hydrogens is 634 g/mol. The highest BCUT2D eigenvalue weighted by Gasteiger charge is 2.96. The molecule has 0 heterocycles. The number of hydroxylamine groups is 1. The largest absolute Gasteiger partial charge is 0.507 e. The van der Waals surface area contributed by atoms with E-state index in [9.17, 15) is 101 Å². The van der Waals surface area contributed by atoms with Crippen LogP contribution in [0.25, 0.3) is 0 Å². The predicted molar refractivity (Wildman–Crippen MR) is 73.8 cm³/mol. The van der Waals surface area contributed by atoms with E-state index in [0.29, 0.717) is 0 Å². The van der Waals surface area contributed by atoms with Gasteiger partial charge in [-0.25, -0.2) is 13.2 Å². The Balaban J connectivity index is 7.26. The van der Waals surface area contributed by atoms with Gasteiger partial charge in [0.15, 0.2) is 0 Å². The lowest BCUT2D eigenvalue weighted by Gasteiger charge is -2.42. The molecule has 0 aromatic rings. The van der Waals surface area contributed by atoms with Gasteiger partial charge in [-0.2, -0.15) is 87.8 Å². The normalized spacial score (nSPS) is 16.0. The molecule has 226 valence electrons. The number of hydrogen-bond acceptors (Lipinski definition) is 4. The van der Waals surface area contributed by atoms with E-state index in [1.807, 2.05) is 0 Å². The van der Waals surface area contributed by atoms with Gasteiger partial charge in [0.1, 0.15) is 0 Å². The molecule has 0 aromatic heterocycles. The fraction of sp³-hybridized carbons (Fsp3) is 0.750. The molecule has 0 aliphatic carbocycles. The molecule has 26 heteroatoms. The number of halogens is 20. The molecule has 0 bridgehead atoms. The quantitative estimate of drug-likeness (QED) is 0.133. The zero-order chi connectivity index (χ0) is 31.6. The molecule has 0 aromatic carbocycles. The third kappa shape index (κ3) is 4.69. The van der Waals surface area contributed by atoms with Crippen molar-refractivity contribution in [2.45, 2.75) is 53.3 Å². The number of alkyl halides is 20. The minimum absolute atomic E-state index is 0.559. The van der Waals surface area contributed by atoms with Gasteiger partial charge < -0.3 is 4.84 Å². The van der Waals surface area contributed by atoms with Crippen molar-refractivity contribution in [1.29, 1.82) is 0 Å². The van der Waals surface area contributed by atoms with Gasteiger partial charge in [0.05, 0.1) is 4.47 Å². The monoisotopic (exact) mass is 637 g/mol. The minimum atomic E-state index is -9.25. The summed E-state index contributed by atoms with van der Waals surface area (Å²) in [5.74, 6) is -56.9. The summed E-state index contributed by atoms with van der Waals surface area (Å²) in [4.78, 5) is 13.2. The van der Waals surface area contributed by atoms with Crippen LogP contribution in [-0.2, 0) is 19.7 Å². The molecule has 38 heavy (non-hydrogen) atoms. The molecule has 0 unspecified atom stereocenters. The first-order valence-corrected chi connectivity index (χ1v) is 9.20. The average Bonchev–Trinajstić information content (AvgIpc) is 2.68. The molecular formula is C12H3F20NO4S. The molecule has 0 spiro atoms. The standard InChI is InChI=1S/C12H3F20NO4S/c1-2-3(34)37-33(12(30,31)32)38(35,36)11(28,29)9(23,24)7(19,20)5(15,16)4(13,14)6(17,18)8(21,22)10(25,26)27/h2H,1H2. The Morgan fingerprint density at radius 3 is 1.13 bits per heavy atom. The van der Waals surface area contributed by atoms with Gasteiger partial charge in [-0.3, -0.25) is 0 Å². The molecule has 0 N–H and O–H groups in total. The second-order valence-electron chi connectivity index (χ2n) is 6.28. The third-order valence-corrected chi connectivity index (χ3v) is 5.40. The van der Waals surface area contributed by atoms with Crippen LogP contribution < -0.4 is 0 Å². The average molecular weight is 637 g/mol. The molecule has 0 radical (unpaired) electrons. The Morgan fingerprint density at radius 1 is 0.579 bits per heavy atom. The molecule has 0 rings (SSSR count). The lowest BCUT2D eigenvalue weighted by atomic mass is 9.91. The van der Waals surface area contributed by atoms with Crippen molar-refractivity contribution in [3.8, 4) is 0 Å². The van der Waals surface area contributed by atoms with Crippen molar-refractivity contribution >= 4 is 16.0 Å². The third-order valence-electron chi connectivity index (χ3n) is 3.78. The topological polar surface area (TPSA) is 63.7 Å². The van der Waals surface area contributed by atoms with Crippen LogP contribution in [0.15, 0.2) is 12.7 Å². The summed E-state index contributed by atoms with van der Waals surface area (Å²) in [5.41, 5.74) is 0. The van der Waals surface area contributed by atoms with Gasteiger partial charge in [0.25, 0.3) is 0 Å². The maximum absolute atomic E-state index is 13.8. The van der Waals surface area contributed by atoms with Crippen LogP contribution in [0.1, 0.15) is 0 Å². The Kier molecular flexibility index (Phi) is 8.59. The predicted octanol–water partition coefficient (Wildman–Crippen LogP) is 5.75. The fourth-order valence-corrected chi connectivity index (χ4v) is 2.88. The van der Waals surface area contributed by atoms with Gasteiger partial charge in [0.2, 0.25) is 0 Å². The van der Waals surface area contributed by atoms with Crippen molar-refractivity contribution in [3.05, 3.63) is 12.7 Å². The van der Waals surface area contributed by atoms with E-state index in [1.165, 1.54) is 0 Å². The Bertz CT molecular complexity index is 1030. The summed E-state index contributed by atoms with van der Waals surface area (Å²) < 4.78 is 280. The number of sulfonamides is 1. The minimum Gasteiger partial charge on any atom is -0.340 e. The van der Waals surface area contributed by atoms with Crippen molar-refractivity contribution < 1.29 is 106 Å². The van der Waals surface area contributed by atoms with E-state index in [0.717, 1.165) is 0 Å². The summed E-state index contributed by atoms with van der Waals surface area (Å²) in [6.45, 7) is 2.23. The Labute approximate surface area is 193 Å². The molecule has 0 saturated carbocycles. The van der Waals surface area contributed by atoms with Crippen molar-refractivity contribution in [2.24, 2.45) is 0 Å². The first kappa shape index (κ1) is 35.7. The van der Waals surface area contributed by atoms with Crippen LogP contribution in [0.2, 0.25) is 0 Å². The summed E-state index contributed by atoms with van der Waals surface area (Å²) >= 11 is 0. The van der Waals surface area contributed by atoms with E-state index in [1.54, 1.807) is 0 Å². The second kappa shape index (κ2) is 9.14. The lowest BCUT2D eigenvalue weighted by molar-refractivity contribution is -0.458. The molecule has 0 fully saturated rings. The van der Waals surface area contributed by atoms with Gasteiger partial charge in [-0.1, -0.05) is 6.58 Å². The molecule has 0 atom stereocenters. The van der Waals surface area contributed by atoms with Crippen LogP contribution in [0, 0.1) is 0 Å². The number of carbonyl (C=O) groups excluding carboxylic acids is 1. The highest BCUT2D eigenvalue weighted by molar-refractivity contribution is 7.90. The number of carbonyl (C=O) groups is 1. The highest BCUT2D eigenvalue weighted by Crippen LogP contribution is 2.64. The Morgan fingerprint density at radius 2 is 0.868 bits per heavy atom. The van der Waals surface area contributed by atoms with Crippen molar-refractivity contribution in [2.75, 3.05) is 0 Å². The molecule has 0 aliphatic rings. The van der Waals surface area contributed by atoms with Crippen LogP contribution in [0.3, 0.4) is 0 Å². The fourth-order valence-electron chi connectivity index (χ4n) is 1.77. The van der Waals surface area contributed by atoms with Crippen LogP contribution in [-0.4, -0.2) is 72.1 Å². The van der Waals surface area contributed by atoms with Gasteiger partial charge in [-0.15, -0.1) is 0 Å². The van der Waals surface area contributed by atoms with Crippen molar-refractivity contribution in [3.63, 3.8) is 0 Å². The SMILES string of the molecule is C=CC(=O)ON(C(F)(F)F)S(=O)(=O)C(F)(F)C(F)(F)C(F)(F)C(F)(F)C(F)(F)C(F)(F)C(F)(F)C(F)(F)F. The summed E-state index contributed by atoms with van der Waals surface area (Å²) in [7, 11) is -8.94. The van der Waals surface area contributed by atoms with Crippen LogP contribution in [0.5, 0.6) is 0 Å². The smallest absolute Gasteiger partial charge is 0.340 e. The van der Waals surface area contributed by atoms with E-state index in [2.05, 4.69) is 11.4 Å². The molecule has 0 aliphatic heterocycles. The van der Waals surface area contributed by atoms with E-state index in [4.69, 9.17) is 0 Å². The van der Waals surface area contributed by atoms with Crippen LogP contribution in [0.4, 0.5) is 87.8 Å². The van der Waals surface area contributed by atoms with Crippen molar-refractivity contribution in [1.82, 2.24) is 4.47 Å². The summed E-state index contributed by atoms with van der Waals surface area (Å²) in [6.07, 6.45) is -15.8. The zero-order valence-electron chi connectivity index (χ0n) is 16.3. The van der Waals surface area contributed by atoms with Gasteiger partial charge in [0, 0.05) is 6.08 Å². The zero-order valence-corrected chi connectivity index (χ0v) is 17.1. The Hall–Kier alpha value is -2.28. The van der Waals surface area contributed by atoms with Gasteiger partial charge >= 0.3 is 69.3 Å². The van der Waals surface area contributed by atoms with E-state index >= 15 is 0 Å². The number of rotatable bonds is 10. The van der Waals surface area contributed by atoms with Gasteiger partial charge in [-0.05, 0) is 0 Å². The molecule has 0 amide bonds. The van der Waals surface area contributed by atoms with E-state index in [-0.39, 0.29) is 0 Å². The maximum Gasteiger partial charge on any atom is 0.507 e.